The molecule has 0 aliphatic carbocycles. The van der Waals surface area contributed by atoms with Crippen LogP contribution in [-0.2, 0) is 4.79 Å². The molecule has 2 rings (SSSR count). The highest BCUT2D eigenvalue weighted by molar-refractivity contribution is 5.74. The molecule has 0 aromatic heterocycles. The standard InChI is InChI=1S/C9H15NO2/c1-6(11)10-7-2-3-8(10)5-9(12)4-7/h7-9,12H,2-5H2,1H3. The lowest BCUT2D eigenvalue weighted by molar-refractivity contribution is -0.134. The predicted molar refractivity (Wildman–Crippen MR) is 44.6 cm³/mol. The molecule has 12 heavy (non-hydrogen) atoms. The monoisotopic (exact) mass is 169 g/mol. The summed E-state index contributed by atoms with van der Waals surface area (Å²) < 4.78 is 0. The fourth-order valence-corrected chi connectivity index (χ4v) is 2.66. The Labute approximate surface area is 72.4 Å². The van der Waals surface area contributed by atoms with Crippen molar-refractivity contribution < 1.29 is 9.90 Å². The van der Waals surface area contributed by atoms with Gasteiger partial charge < -0.3 is 10.0 Å². The van der Waals surface area contributed by atoms with Gasteiger partial charge in [0, 0.05) is 19.0 Å². The summed E-state index contributed by atoms with van der Waals surface area (Å²) in [5.41, 5.74) is 0. The Morgan fingerprint density at radius 3 is 2.25 bits per heavy atom. The van der Waals surface area contributed by atoms with Crippen LogP contribution in [0.25, 0.3) is 0 Å². The second kappa shape index (κ2) is 2.73. The van der Waals surface area contributed by atoms with Gasteiger partial charge in [-0.3, -0.25) is 4.79 Å². The molecule has 2 unspecified atom stereocenters. The van der Waals surface area contributed by atoms with Gasteiger partial charge >= 0.3 is 0 Å². The minimum absolute atomic E-state index is 0.168. The molecule has 2 saturated heterocycles. The molecule has 0 aromatic carbocycles. The molecule has 1 N–H and O–H groups in total. The molecule has 3 nitrogen and oxygen atoms in total. The average Bonchev–Trinajstić information content (AvgIpc) is 2.24. The van der Waals surface area contributed by atoms with E-state index in [-0.39, 0.29) is 12.0 Å². The zero-order chi connectivity index (χ0) is 8.72. The van der Waals surface area contributed by atoms with Crippen molar-refractivity contribution in [3.63, 3.8) is 0 Å². The average molecular weight is 169 g/mol. The van der Waals surface area contributed by atoms with Crippen molar-refractivity contribution in [1.82, 2.24) is 4.90 Å². The Balaban J connectivity index is 2.14. The number of fused-ring (bicyclic) bond motifs is 2. The summed E-state index contributed by atoms with van der Waals surface area (Å²) in [5.74, 6) is 0.175. The Kier molecular flexibility index (Phi) is 1.83. The number of rotatable bonds is 0. The fourth-order valence-electron chi connectivity index (χ4n) is 2.66. The summed E-state index contributed by atoms with van der Waals surface area (Å²) in [6, 6.07) is 0.660. The van der Waals surface area contributed by atoms with Crippen LogP contribution in [0.1, 0.15) is 32.6 Å². The molecule has 1 amide bonds. The molecule has 0 spiro atoms. The summed E-state index contributed by atoms with van der Waals surface area (Å²) in [6.07, 6.45) is 3.58. The number of aliphatic hydroxyl groups excluding tert-OH is 1. The minimum Gasteiger partial charge on any atom is -0.393 e. The number of carbonyl (C=O) groups excluding carboxylic acids is 1. The molecule has 0 saturated carbocycles. The van der Waals surface area contributed by atoms with Crippen LogP contribution < -0.4 is 0 Å². The molecule has 3 heteroatoms. The van der Waals surface area contributed by atoms with Crippen LogP contribution in [0.4, 0.5) is 0 Å². The third-order valence-corrected chi connectivity index (χ3v) is 3.07. The van der Waals surface area contributed by atoms with Crippen LogP contribution in [0.5, 0.6) is 0 Å². The number of hydrogen-bond acceptors (Lipinski definition) is 2. The van der Waals surface area contributed by atoms with E-state index < -0.39 is 0 Å². The molecule has 2 aliphatic heterocycles. The summed E-state index contributed by atoms with van der Waals surface area (Å²) in [4.78, 5) is 13.2. The van der Waals surface area contributed by atoms with E-state index in [2.05, 4.69) is 0 Å². The van der Waals surface area contributed by atoms with Gasteiger partial charge in [-0.2, -0.15) is 0 Å². The summed E-state index contributed by atoms with van der Waals surface area (Å²) in [6.45, 7) is 1.63. The number of carbonyl (C=O) groups is 1. The van der Waals surface area contributed by atoms with Crippen molar-refractivity contribution >= 4 is 5.91 Å². The number of hydrogen-bond donors (Lipinski definition) is 1. The molecular formula is C9H15NO2. The smallest absolute Gasteiger partial charge is 0.219 e. The second-order valence-corrected chi connectivity index (χ2v) is 3.94. The van der Waals surface area contributed by atoms with Gasteiger partial charge in [-0.25, -0.2) is 0 Å². The van der Waals surface area contributed by atoms with E-state index in [4.69, 9.17) is 0 Å². The van der Waals surface area contributed by atoms with Crippen molar-refractivity contribution in [3.05, 3.63) is 0 Å². The SMILES string of the molecule is CC(=O)N1C2CCC1CC(O)C2. The van der Waals surface area contributed by atoms with E-state index >= 15 is 0 Å². The van der Waals surface area contributed by atoms with Crippen LogP contribution in [0.15, 0.2) is 0 Å². The van der Waals surface area contributed by atoms with E-state index in [1.807, 2.05) is 4.90 Å². The van der Waals surface area contributed by atoms with Crippen molar-refractivity contribution in [3.8, 4) is 0 Å². The Bertz CT molecular complexity index is 191. The van der Waals surface area contributed by atoms with Crippen LogP contribution in [0.3, 0.4) is 0 Å². The van der Waals surface area contributed by atoms with Gasteiger partial charge in [-0.05, 0) is 25.7 Å². The third kappa shape index (κ3) is 1.12. The lowest BCUT2D eigenvalue weighted by atomic mass is 10.00. The quantitative estimate of drug-likeness (QED) is 0.574. The van der Waals surface area contributed by atoms with Gasteiger partial charge in [0.05, 0.1) is 6.10 Å². The maximum Gasteiger partial charge on any atom is 0.219 e. The molecule has 68 valence electrons. The first-order chi connectivity index (χ1) is 5.68. The molecule has 2 heterocycles. The van der Waals surface area contributed by atoms with Crippen molar-refractivity contribution in [2.75, 3.05) is 0 Å². The largest absolute Gasteiger partial charge is 0.393 e. The number of piperidine rings is 1. The first-order valence-electron chi connectivity index (χ1n) is 4.65. The van der Waals surface area contributed by atoms with Crippen LogP contribution >= 0.6 is 0 Å². The van der Waals surface area contributed by atoms with Crippen molar-refractivity contribution in [2.45, 2.75) is 50.8 Å². The zero-order valence-electron chi connectivity index (χ0n) is 7.36. The van der Waals surface area contributed by atoms with Gasteiger partial charge in [0.2, 0.25) is 5.91 Å². The summed E-state index contributed by atoms with van der Waals surface area (Å²) in [7, 11) is 0. The van der Waals surface area contributed by atoms with Crippen LogP contribution in [0, 0.1) is 0 Å². The highest BCUT2D eigenvalue weighted by Crippen LogP contribution is 2.35. The highest BCUT2D eigenvalue weighted by atomic mass is 16.3. The van der Waals surface area contributed by atoms with E-state index in [1.165, 1.54) is 0 Å². The zero-order valence-corrected chi connectivity index (χ0v) is 7.36. The fraction of sp³-hybridized carbons (Fsp3) is 0.889. The van der Waals surface area contributed by atoms with Crippen LogP contribution in [0.2, 0.25) is 0 Å². The predicted octanol–water partition coefficient (Wildman–Crippen LogP) is 0.521. The molecule has 2 fully saturated rings. The van der Waals surface area contributed by atoms with Crippen molar-refractivity contribution in [1.29, 1.82) is 0 Å². The lowest BCUT2D eigenvalue weighted by Crippen LogP contribution is -2.46. The molecule has 0 radical (unpaired) electrons. The lowest BCUT2D eigenvalue weighted by Gasteiger charge is -2.36. The van der Waals surface area contributed by atoms with Crippen LogP contribution in [-0.4, -0.2) is 34.1 Å². The van der Waals surface area contributed by atoms with Gasteiger partial charge in [0.25, 0.3) is 0 Å². The molecule has 0 aromatic rings. The summed E-state index contributed by atoms with van der Waals surface area (Å²) in [5, 5.41) is 9.45. The summed E-state index contributed by atoms with van der Waals surface area (Å²) >= 11 is 0. The topological polar surface area (TPSA) is 40.5 Å². The van der Waals surface area contributed by atoms with Gasteiger partial charge in [0.15, 0.2) is 0 Å². The van der Waals surface area contributed by atoms with Gasteiger partial charge in [0.1, 0.15) is 0 Å². The van der Waals surface area contributed by atoms with Gasteiger partial charge in [-0.1, -0.05) is 0 Å². The second-order valence-electron chi connectivity index (χ2n) is 3.94. The van der Waals surface area contributed by atoms with E-state index in [1.54, 1.807) is 6.92 Å². The Morgan fingerprint density at radius 1 is 1.33 bits per heavy atom. The molecule has 2 atom stereocenters. The van der Waals surface area contributed by atoms with Crippen molar-refractivity contribution in [2.24, 2.45) is 0 Å². The minimum atomic E-state index is -0.168. The Morgan fingerprint density at radius 2 is 1.83 bits per heavy atom. The number of nitrogens with zero attached hydrogens (tertiary/aromatic N) is 1. The normalized spacial score (nSPS) is 40.2. The van der Waals surface area contributed by atoms with E-state index in [0.717, 1.165) is 25.7 Å². The number of aliphatic hydroxyl groups is 1. The third-order valence-electron chi connectivity index (χ3n) is 3.07. The highest BCUT2D eigenvalue weighted by Gasteiger charge is 2.41. The molecule has 2 bridgehead atoms. The number of amides is 1. The maximum absolute atomic E-state index is 11.2. The molecule has 2 aliphatic rings. The first kappa shape index (κ1) is 8.05. The Hall–Kier alpha value is -0.570. The molecular weight excluding hydrogens is 154 g/mol. The van der Waals surface area contributed by atoms with E-state index in [9.17, 15) is 9.90 Å². The first-order valence-corrected chi connectivity index (χ1v) is 4.65. The maximum atomic E-state index is 11.2. The van der Waals surface area contributed by atoms with E-state index in [0.29, 0.717) is 12.1 Å². The van der Waals surface area contributed by atoms with Gasteiger partial charge in [-0.15, -0.1) is 0 Å².